The Labute approximate surface area is 90.6 Å². The molecule has 4 heteroatoms. The van der Waals surface area contributed by atoms with Gasteiger partial charge in [0, 0.05) is 26.2 Å². The van der Waals surface area contributed by atoms with Crippen molar-refractivity contribution in [1.82, 2.24) is 10.2 Å². The van der Waals surface area contributed by atoms with Gasteiger partial charge < -0.3 is 15.3 Å². The molecule has 2 fully saturated rings. The van der Waals surface area contributed by atoms with Crippen LogP contribution in [-0.2, 0) is 0 Å². The maximum atomic E-state index is 11.7. The minimum absolute atomic E-state index is 0.0817. The molecule has 0 spiro atoms. The van der Waals surface area contributed by atoms with Crippen molar-refractivity contribution in [3.8, 4) is 0 Å². The van der Waals surface area contributed by atoms with E-state index >= 15 is 0 Å². The lowest BCUT2D eigenvalue weighted by Gasteiger charge is -2.31. The highest BCUT2D eigenvalue weighted by Crippen LogP contribution is 2.27. The molecule has 1 saturated carbocycles. The third-order valence-electron chi connectivity index (χ3n) is 3.40. The predicted octanol–water partition coefficient (Wildman–Crippen LogP) is 0.810. The highest BCUT2D eigenvalue weighted by atomic mass is 16.3. The Morgan fingerprint density at radius 1 is 1.20 bits per heavy atom. The number of urea groups is 1. The highest BCUT2D eigenvalue weighted by Gasteiger charge is 2.25. The first-order valence-electron chi connectivity index (χ1n) is 5.93. The Morgan fingerprint density at radius 2 is 1.87 bits per heavy atom. The summed E-state index contributed by atoms with van der Waals surface area (Å²) in [6.45, 7) is 2.69. The Hall–Kier alpha value is -0.770. The van der Waals surface area contributed by atoms with Gasteiger partial charge in [-0.1, -0.05) is 0 Å². The number of hydrogen-bond acceptors (Lipinski definition) is 2. The molecule has 1 heterocycles. The second kappa shape index (κ2) is 4.84. The lowest BCUT2D eigenvalue weighted by atomic mass is 9.98. The first kappa shape index (κ1) is 10.7. The molecule has 1 aliphatic heterocycles. The van der Waals surface area contributed by atoms with Crippen LogP contribution in [0.25, 0.3) is 0 Å². The molecule has 0 aromatic rings. The molecule has 0 bridgehead atoms. The largest absolute Gasteiger partial charge is 0.396 e. The van der Waals surface area contributed by atoms with Crippen LogP contribution in [0.1, 0.15) is 25.7 Å². The Balaban J connectivity index is 1.66. The maximum absolute atomic E-state index is 11.7. The van der Waals surface area contributed by atoms with Crippen molar-refractivity contribution >= 4 is 6.03 Å². The first-order valence-corrected chi connectivity index (χ1v) is 5.93. The Kier molecular flexibility index (Phi) is 3.46. The van der Waals surface area contributed by atoms with E-state index in [1.54, 1.807) is 0 Å². The molecule has 0 atom stereocenters. The van der Waals surface area contributed by atoms with E-state index < -0.39 is 0 Å². The van der Waals surface area contributed by atoms with Crippen LogP contribution in [-0.4, -0.2) is 42.3 Å². The summed E-state index contributed by atoms with van der Waals surface area (Å²) in [5.41, 5.74) is 0. The summed E-state index contributed by atoms with van der Waals surface area (Å²) >= 11 is 0. The zero-order chi connectivity index (χ0) is 10.7. The van der Waals surface area contributed by atoms with Crippen molar-refractivity contribution in [3.05, 3.63) is 0 Å². The van der Waals surface area contributed by atoms with Gasteiger partial charge in [-0.05, 0) is 37.5 Å². The predicted molar refractivity (Wildman–Crippen MR) is 57.5 cm³/mol. The number of likely N-dealkylation sites (tertiary alicyclic amines) is 1. The van der Waals surface area contributed by atoms with Gasteiger partial charge in [0.2, 0.25) is 0 Å². The van der Waals surface area contributed by atoms with Crippen molar-refractivity contribution in [1.29, 1.82) is 0 Å². The number of carbonyl (C=O) groups excluding carboxylic acids is 1. The molecular formula is C11H20N2O2. The second-order valence-corrected chi connectivity index (χ2v) is 4.74. The van der Waals surface area contributed by atoms with Gasteiger partial charge in [-0.2, -0.15) is 0 Å². The normalized spacial score (nSPS) is 22.9. The summed E-state index contributed by atoms with van der Waals surface area (Å²) in [6.07, 6.45) is 4.42. The molecule has 2 amide bonds. The van der Waals surface area contributed by atoms with E-state index in [4.69, 9.17) is 5.11 Å². The van der Waals surface area contributed by atoms with Gasteiger partial charge in [-0.3, -0.25) is 0 Å². The molecule has 2 aliphatic rings. The number of aliphatic hydroxyl groups excluding tert-OH is 1. The summed E-state index contributed by atoms with van der Waals surface area (Å²) in [7, 11) is 0. The molecule has 86 valence electrons. The number of rotatable bonds is 3. The van der Waals surface area contributed by atoms with Crippen LogP contribution in [0.3, 0.4) is 0 Å². The monoisotopic (exact) mass is 212 g/mol. The number of nitrogens with zero attached hydrogens (tertiary/aromatic N) is 1. The van der Waals surface area contributed by atoms with Gasteiger partial charge in [-0.15, -0.1) is 0 Å². The smallest absolute Gasteiger partial charge is 0.317 e. The minimum Gasteiger partial charge on any atom is -0.396 e. The lowest BCUT2D eigenvalue weighted by molar-refractivity contribution is 0.137. The average Bonchev–Trinajstić information content (AvgIpc) is 3.10. The van der Waals surface area contributed by atoms with Crippen LogP contribution >= 0.6 is 0 Å². The molecule has 0 aromatic heterocycles. The summed E-state index contributed by atoms with van der Waals surface area (Å²) in [4.78, 5) is 13.5. The topological polar surface area (TPSA) is 52.6 Å². The SMILES string of the molecule is O=C(NCC1CC1)N1CCC(CO)CC1. The fraction of sp³-hybridized carbons (Fsp3) is 0.909. The summed E-state index contributed by atoms with van der Waals surface area (Å²) in [5, 5.41) is 12.0. The van der Waals surface area contributed by atoms with Gasteiger partial charge in [-0.25, -0.2) is 4.79 Å². The summed E-state index contributed by atoms with van der Waals surface area (Å²) in [6, 6.07) is 0.0817. The van der Waals surface area contributed by atoms with Crippen molar-refractivity contribution < 1.29 is 9.90 Å². The van der Waals surface area contributed by atoms with Gasteiger partial charge in [0.1, 0.15) is 0 Å². The van der Waals surface area contributed by atoms with Crippen LogP contribution in [0.2, 0.25) is 0 Å². The van der Waals surface area contributed by atoms with E-state index in [1.165, 1.54) is 12.8 Å². The summed E-state index contributed by atoms with van der Waals surface area (Å²) in [5.74, 6) is 1.14. The van der Waals surface area contributed by atoms with Crippen LogP contribution in [0.15, 0.2) is 0 Å². The van der Waals surface area contributed by atoms with E-state index in [-0.39, 0.29) is 12.6 Å². The Bertz CT molecular complexity index is 221. The van der Waals surface area contributed by atoms with E-state index in [0.29, 0.717) is 5.92 Å². The second-order valence-electron chi connectivity index (χ2n) is 4.74. The van der Waals surface area contributed by atoms with Gasteiger partial charge >= 0.3 is 6.03 Å². The molecule has 4 nitrogen and oxygen atoms in total. The van der Waals surface area contributed by atoms with Crippen molar-refractivity contribution in [2.24, 2.45) is 11.8 Å². The van der Waals surface area contributed by atoms with E-state index in [2.05, 4.69) is 5.32 Å². The fourth-order valence-corrected chi connectivity index (χ4v) is 1.98. The number of carbonyl (C=O) groups is 1. The molecule has 1 aliphatic carbocycles. The van der Waals surface area contributed by atoms with Crippen LogP contribution in [0.5, 0.6) is 0 Å². The lowest BCUT2D eigenvalue weighted by Crippen LogP contribution is -2.45. The average molecular weight is 212 g/mol. The van der Waals surface area contributed by atoms with E-state index in [9.17, 15) is 4.79 Å². The van der Waals surface area contributed by atoms with Gasteiger partial charge in [0.15, 0.2) is 0 Å². The third-order valence-corrected chi connectivity index (χ3v) is 3.40. The molecular weight excluding hydrogens is 192 g/mol. The molecule has 0 radical (unpaired) electrons. The molecule has 15 heavy (non-hydrogen) atoms. The molecule has 2 rings (SSSR count). The minimum atomic E-state index is 0.0817. The van der Waals surface area contributed by atoms with E-state index in [1.807, 2.05) is 4.90 Å². The van der Waals surface area contributed by atoms with Crippen molar-refractivity contribution in [3.63, 3.8) is 0 Å². The standard InChI is InChI=1S/C11H20N2O2/c14-8-10-3-5-13(6-4-10)11(15)12-7-9-1-2-9/h9-10,14H,1-8H2,(H,12,15). The van der Waals surface area contributed by atoms with Gasteiger partial charge in [0.25, 0.3) is 0 Å². The number of aliphatic hydroxyl groups is 1. The zero-order valence-corrected chi connectivity index (χ0v) is 9.11. The van der Waals surface area contributed by atoms with Crippen LogP contribution in [0.4, 0.5) is 4.79 Å². The van der Waals surface area contributed by atoms with Crippen LogP contribution in [0, 0.1) is 11.8 Å². The van der Waals surface area contributed by atoms with E-state index in [0.717, 1.165) is 38.4 Å². The number of nitrogens with one attached hydrogen (secondary N) is 1. The Morgan fingerprint density at radius 3 is 2.40 bits per heavy atom. The highest BCUT2D eigenvalue weighted by molar-refractivity contribution is 5.74. The van der Waals surface area contributed by atoms with Gasteiger partial charge in [0.05, 0.1) is 0 Å². The number of amides is 2. The molecule has 1 saturated heterocycles. The fourth-order valence-electron chi connectivity index (χ4n) is 1.98. The summed E-state index contributed by atoms with van der Waals surface area (Å²) < 4.78 is 0. The molecule has 2 N–H and O–H groups in total. The third kappa shape index (κ3) is 3.09. The van der Waals surface area contributed by atoms with Crippen molar-refractivity contribution in [2.45, 2.75) is 25.7 Å². The number of hydrogen-bond donors (Lipinski definition) is 2. The quantitative estimate of drug-likeness (QED) is 0.727. The molecule has 0 unspecified atom stereocenters. The van der Waals surface area contributed by atoms with Crippen LogP contribution < -0.4 is 5.32 Å². The number of piperidine rings is 1. The first-order chi connectivity index (χ1) is 7.29. The molecule has 0 aromatic carbocycles. The maximum Gasteiger partial charge on any atom is 0.317 e. The van der Waals surface area contributed by atoms with Crippen molar-refractivity contribution in [2.75, 3.05) is 26.2 Å². The zero-order valence-electron chi connectivity index (χ0n) is 9.11.